The second kappa shape index (κ2) is 11.9. The molecule has 36 heavy (non-hydrogen) atoms. The highest BCUT2D eigenvalue weighted by molar-refractivity contribution is 14.1. The summed E-state index contributed by atoms with van der Waals surface area (Å²) in [6.07, 6.45) is -0.166. The van der Waals surface area contributed by atoms with Gasteiger partial charge < -0.3 is 14.7 Å². The maximum atomic E-state index is 14.0. The third-order valence-electron chi connectivity index (χ3n) is 6.35. The van der Waals surface area contributed by atoms with Gasteiger partial charge in [0.2, 0.25) is 0 Å². The molecule has 0 spiro atoms. The molecule has 8 heteroatoms. The van der Waals surface area contributed by atoms with Crippen LogP contribution >= 0.6 is 45.8 Å². The molecule has 0 unspecified atom stereocenters. The predicted molar refractivity (Wildman–Crippen MR) is 149 cm³/mol. The number of carbonyl (C=O) groups is 2. The Hall–Kier alpha value is -2.13. The van der Waals surface area contributed by atoms with Crippen molar-refractivity contribution in [3.63, 3.8) is 0 Å². The average molecular weight is 638 g/mol. The second-order valence-corrected chi connectivity index (χ2v) is 10.9. The number of ether oxygens (including phenoxy) is 1. The highest BCUT2D eigenvalue weighted by Gasteiger charge is 2.48. The van der Waals surface area contributed by atoms with E-state index in [4.69, 9.17) is 27.9 Å². The van der Waals surface area contributed by atoms with Crippen molar-refractivity contribution in [2.45, 2.75) is 50.5 Å². The minimum atomic E-state index is -1.03. The number of carbonyl (C=O) groups excluding carboxylic acids is 1. The fourth-order valence-electron chi connectivity index (χ4n) is 4.64. The highest BCUT2D eigenvalue weighted by Crippen LogP contribution is 2.44. The van der Waals surface area contributed by atoms with E-state index in [9.17, 15) is 14.7 Å². The number of aliphatic carboxylic acids is 1. The first-order valence-electron chi connectivity index (χ1n) is 11.7. The van der Waals surface area contributed by atoms with Crippen LogP contribution in [0.2, 0.25) is 10.0 Å². The number of amides is 1. The van der Waals surface area contributed by atoms with E-state index in [1.807, 2.05) is 55.5 Å². The van der Waals surface area contributed by atoms with Gasteiger partial charge >= 0.3 is 5.97 Å². The molecular formula is C28H26Cl2INO4. The number of carboxylic acid groups (broad SMARTS) is 1. The molecule has 4 rings (SSSR count). The van der Waals surface area contributed by atoms with Crippen LogP contribution < -0.4 is 0 Å². The van der Waals surface area contributed by atoms with Crippen LogP contribution in [0.3, 0.4) is 0 Å². The fourth-order valence-corrected chi connectivity index (χ4v) is 5.25. The molecule has 0 aliphatic carbocycles. The SMILES string of the molecule is CCC[C@@H](C(=O)O)N1C(=O)[C@@H](Cc2ccc(I)cc2)O[C@H](c2ccc(Cl)cc2)[C@@H]1c1ccc(Cl)cc1. The van der Waals surface area contributed by atoms with Crippen LogP contribution in [-0.2, 0) is 20.7 Å². The van der Waals surface area contributed by atoms with Gasteiger partial charge in [-0.3, -0.25) is 4.79 Å². The molecule has 0 aromatic heterocycles. The van der Waals surface area contributed by atoms with Crippen molar-refractivity contribution >= 4 is 57.7 Å². The van der Waals surface area contributed by atoms with Gasteiger partial charge in [-0.05, 0) is 82.1 Å². The van der Waals surface area contributed by atoms with Gasteiger partial charge in [0.05, 0.1) is 6.04 Å². The summed E-state index contributed by atoms with van der Waals surface area (Å²) in [4.78, 5) is 28.0. The third-order valence-corrected chi connectivity index (χ3v) is 7.58. The topological polar surface area (TPSA) is 66.8 Å². The van der Waals surface area contributed by atoms with E-state index in [1.165, 1.54) is 4.90 Å². The second-order valence-electron chi connectivity index (χ2n) is 8.81. The molecule has 1 aliphatic rings. The van der Waals surface area contributed by atoms with Crippen molar-refractivity contribution in [3.05, 3.63) is 103 Å². The van der Waals surface area contributed by atoms with Crippen LogP contribution in [0.25, 0.3) is 0 Å². The molecule has 1 heterocycles. The number of rotatable bonds is 8. The van der Waals surface area contributed by atoms with Crippen molar-refractivity contribution < 1.29 is 19.4 Å². The van der Waals surface area contributed by atoms with Crippen molar-refractivity contribution in [1.29, 1.82) is 0 Å². The fraction of sp³-hybridized carbons (Fsp3) is 0.286. The molecule has 5 nitrogen and oxygen atoms in total. The molecule has 0 radical (unpaired) electrons. The Balaban J connectivity index is 1.84. The zero-order valence-corrected chi connectivity index (χ0v) is 23.3. The molecule has 0 saturated carbocycles. The molecule has 3 aromatic carbocycles. The summed E-state index contributed by atoms with van der Waals surface area (Å²) < 4.78 is 7.62. The number of carboxylic acids is 1. The Morgan fingerprint density at radius 1 is 0.972 bits per heavy atom. The zero-order valence-electron chi connectivity index (χ0n) is 19.6. The quantitative estimate of drug-likeness (QED) is 0.268. The van der Waals surface area contributed by atoms with E-state index in [2.05, 4.69) is 22.6 Å². The van der Waals surface area contributed by atoms with Crippen molar-refractivity contribution in [1.82, 2.24) is 4.90 Å². The van der Waals surface area contributed by atoms with Gasteiger partial charge in [-0.2, -0.15) is 0 Å². The lowest BCUT2D eigenvalue weighted by Gasteiger charge is -2.47. The largest absolute Gasteiger partial charge is 0.480 e. The van der Waals surface area contributed by atoms with E-state index < -0.39 is 30.3 Å². The molecule has 1 N–H and O–H groups in total. The molecular weight excluding hydrogens is 612 g/mol. The minimum absolute atomic E-state index is 0.328. The summed E-state index contributed by atoms with van der Waals surface area (Å²) in [5.41, 5.74) is 2.50. The monoisotopic (exact) mass is 637 g/mol. The number of halogens is 3. The first kappa shape index (κ1) is 26.9. The number of hydrogen-bond acceptors (Lipinski definition) is 3. The average Bonchev–Trinajstić information content (AvgIpc) is 2.86. The molecule has 4 atom stereocenters. The van der Waals surface area contributed by atoms with Gasteiger partial charge in [0.15, 0.2) is 0 Å². The zero-order chi connectivity index (χ0) is 25.8. The maximum Gasteiger partial charge on any atom is 0.326 e. The first-order chi connectivity index (χ1) is 17.3. The Morgan fingerprint density at radius 3 is 2.06 bits per heavy atom. The standard InChI is InChI=1S/C28H26Cl2INO4/c1-2-3-23(28(34)35)32-25(18-6-10-20(29)11-7-18)26(19-8-12-21(30)13-9-19)36-24(27(32)33)16-17-4-14-22(31)15-5-17/h4-15,23-26H,2-3,16H2,1H3,(H,34,35)/t23-,24+,25-,26+/m0/s1. The summed E-state index contributed by atoms with van der Waals surface area (Å²) >= 11 is 14.5. The van der Waals surface area contributed by atoms with Crippen LogP contribution in [0.5, 0.6) is 0 Å². The number of nitrogens with zero attached hydrogens (tertiary/aromatic N) is 1. The van der Waals surface area contributed by atoms with Gasteiger partial charge in [-0.15, -0.1) is 0 Å². The molecule has 0 bridgehead atoms. The van der Waals surface area contributed by atoms with Gasteiger partial charge in [-0.25, -0.2) is 4.79 Å². The Kier molecular flexibility index (Phi) is 8.93. The molecule has 3 aromatic rings. The summed E-state index contributed by atoms with van der Waals surface area (Å²) in [6.45, 7) is 1.91. The Bertz CT molecular complexity index is 1200. The van der Waals surface area contributed by atoms with E-state index >= 15 is 0 Å². The van der Waals surface area contributed by atoms with Crippen LogP contribution in [-0.4, -0.2) is 34.0 Å². The van der Waals surface area contributed by atoms with E-state index in [-0.39, 0.29) is 5.91 Å². The summed E-state index contributed by atoms with van der Waals surface area (Å²) in [5.74, 6) is -1.37. The Labute approximate surface area is 234 Å². The summed E-state index contributed by atoms with van der Waals surface area (Å²) in [6, 6.07) is 20.6. The van der Waals surface area contributed by atoms with Crippen LogP contribution in [0.4, 0.5) is 0 Å². The number of benzene rings is 3. The normalized spacial score (nSPS) is 20.8. The van der Waals surface area contributed by atoms with Gasteiger partial charge in [0.25, 0.3) is 5.91 Å². The maximum absolute atomic E-state index is 14.0. The van der Waals surface area contributed by atoms with E-state index in [0.717, 1.165) is 20.3 Å². The molecule has 188 valence electrons. The van der Waals surface area contributed by atoms with E-state index in [1.54, 1.807) is 24.3 Å². The Morgan fingerprint density at radius 2 is 1.53 bits per heavy atom. The summed E-state index contributed by atoms with van der Waals surface area (Å²) in [5, 5.41) is 11.3. The smallest absolute Gasteiger partial charge is 0.326 e. The van der Waals surface area contributed by atoms with Gasteiger partial charge in [0, 0.05) is 20.0 Å². The molecule has 1 fully saturated rings. The van der Waals surface area contributed by atoms with Crippen LogP contribution in [0, 0.1) is 3.57 Å². The lowest BCUT2D eigenvalue weighted by atomic mass is 9.88. The van der Waals surface area contributed by atoms with Crippen molar-refractivity contribution in [2.24, 2.45) is 0 Å². The molecule has 1 aliphatic heterocycles. The van der Waals surface area contributed by atoms with Crippen LogP contribution in [0.1, 0.15) is 48.6 Å². The molecule has 1 amide bonds. The lowest BCUT2D eigenvalue weighted by Crippen LogP contribution is -2.57. The predicted octanol–water partition coefficient (Wildman–Crippen LogP) is 7.10. The van der Waals surface area contributed by atoms with Gasteiger partial charge in [-0.1, -0.05) is 72.9 Å². The highest BCUT2D eigenvalue weighted by atomic mass is 127. The van der Waals surface area contributed by atoms with Crippen molar-refractivity contribution in [3.8, 4) is 0 Å². The lowest BCUT2D eigenvalue weighted by molar-refractivity contribution is -0.184. The first-order valence-corrected chi connectivity index (χ1v) is 13.6. The number of hydrogen-bond donors (Lipinski definition) is 1. The van der Waals surface area contributed by atoms with E-state index in [0.29, 0.717) is 29.3 Å². The number of morpholine rings is 1. The summed E-state index contributed by atoms with van der Waals surface area (Å²) in [7, 11) is 0. The van der Waals surface area contributed by atoms with Gasteiger partial charge in [0.1, 0.15) is 18.2 Å². The minimum Gasteiger partial charge on any atom is -0.480 e. The van der Waals surface area contributed by atoms with Crippen LogP contribution in [0.15, 0.2) is 72.8 Å². The van der Waals surface area contributed by atoms with Crippen molar-refractivity contribution in [2.75, 3.05) is 0 Å². The third kappa shape index (κ3) is 6.05. The molecule has 1 saturated heterocycles.